The molecule has 0 amide bonds. The van der Waals surface area contributed by atoms with Gasteiger partial charge in [-0.2, -0.15) is 0 Å². The van der Waals surface area contributed by atoms with Crippen molar-refractivity contribution < 1.29 is 14.8 Å². The summed E-state index contributed by atoms with van der Waals surface area (Å²) in [6, 6.07) is 5.96. The van der Waals surface area contributed by atoms with Crippen molar-refractivity contribution in [1.29, 1.82) is 0 Å². The Morgan fingerprint density at radius 3 is 2.53 bits per heavy atom. The molecule has 1 aromatic carbocycles. The van der Waals surface area contributed by atoms with E-state index in [-0.39, 0.29) is 17.7 Å². The summed E-state index contributed by atoms with van der Waals surface area (Å²) in [7, 11) is 0. The monoisotopic (exact) mass is 268 g/mol. The Labute approximate surface area is 112 Å². The van der Waals surface area contributed by atoms with Crippen LogP contribution in [-0.2, 0) is 0 Å². The van der Waals surface area contributed by atoms with Crippen LogP contribution in [0.25, 0.3) is 0 Å². The van der Waals surface area contributed by atoms with Gasteiger partial charge in [-0.3, -0.25) is 10.1 Å². The molecule has 0 bridgehead atoms. The number of hydrogen-bond donors (Lipinski definition) is 2. The highest BCUT2D eigenvalue weighted by molar-refractivity contribution is 5.35. The quantitative estimate of drug-likeness (QED) is 0.425. The first kappa shape index (κ1) is 15.4. The molecule has 0 aliphatic heterocycles. The van der Waals surface area contributed by atoms with E-state index < -0.39 is 4.92 Å². The van der Waals surface area contributed by atoms with Crippen LogP contribution in [0.1, 0.15) is 13.8 Å². The molecular weight excluding hydrogens is 248 g/mol. The van der Waals surface area contributed by atoms with Gasteiger partial charge in [-0.05, 0) is 18.1 Å². The predicted octanol–water partition coefficient (Wildman–Crippen LogP) is 1.58. The molecule has 1 aromatic rings. The van der Waals surface area contributed by atoms with E-state index in [1.54, 1.807) is 12.1 Å². The van der Waals surface area contributed by atoms with Crippen molar-refractivity contribution in [3.63, 3.8) is 0 Å². The lowest BCUT2D eigenvalue weighted by Crippen LogP contribution is -2.33. The largest absolute Gasteiger partial charge is 0.492 e. The Kier molecular flexibility index (Phi) is 6.24. The van der Waals surface area contributed by atoms with Crippen LogP contribution in [0.5, 0.6) is 5.75 Å². The van der Waals surface area contributed by atoms with Crippen molar-refractivity contribution in [1.82, 2.24) is 5.32 Å². The molecule has 106 valence electrons. The number of non-ortho nitro benzene ring substituents is 1. The highest BCUT2D eigenvalue weighted by atomic mass is 16.6. The molecule has 0 aliphatic carbocycles. The van der Waals surface area contributed by atoms with E-state index in [9.17, 15) is 15.2 Å². The van der Waals surface area contributed by atoms with Gasteiger partial charge in [0.2, 0.25) is 0 Å². The number of benzene rings is 1. The second kappa shape index (κ2) is 7.70. The maximum absolute atomic E-state index is 10.5. The molecule has 0 radical (unpaired) electrons. The number of nitrogens with zero attached hydrogens (tertiary/aromatic N) is 1. The summed E-state index contributed by atoms with van der Waals surface area (Å²) in [5.41, 5.74) is 0.0468. The van der Waals surface area contributed by atoms with E-state index in [0.717, 1.165) is 0 Å². The average Bonchev–Trinajstić information content (AvgIpc) is 2.38. The minimum atomic E-state index is -0.446. The summed E-state index contributed by atoms with van der Waals surface area (Å²) in [6.45, 7) is 5.50. The number of aliphatic hydroxyl groups excluding tert-OH is 1. The molecule has 19 heavy (non-hydrogen) atoms. The smallest absolute Gasteiger partial charge is 0.269 e. The van der Waals surface area contributed by atoms with Gasteiger partial charge in [-0.15, -0.1) is 0 Å². The number of nitro groups is 1. The maximum Gasteiger partial charge on any atom is 0.269 e. The molecule has 6 nitrogen and oxygen atoms in total. The topological polar surface area (TPSA) is 84.6 Å². The van der Waals surface area contributed by atoms with Gasteiger partial charge in [-0.1, -0.05) is 13.8 Å². The Morgan fingerprint density at radius 1 is 1.37 bits per heavy atom. The fourth-order valence-electron chi connectivity index (χ4n) is 1.39. The van der Waals surface area contributed by atoms with Crippen LogP contribution in [0.2, 0.25) is 0 Å². The van der Waals surface area contributed by atoms with Crippen LogP contribution in [0.3, 0.4) is 0 Å². The van der Waals surface area contributed by atoms with Gasteiger partial charge in [0.25, 0.3) is 5.69 Å². The SMILES string of the molecule is CC(C)C(O)CNCCOc1ccc([N+](=O)[O-])cc1. The zero-order chi connectivity index (χ0) is 14.3. The first-order valence-electron chi connectivity index (χ1n) is 6.26. The third-order valence-corrected chi connectivity index (χ3v) is 2.72. The standard InChI is InChI=1S/C13H20N2O4/c1-10(2)13(16)9-14-7-8-19-12-5-3-11(4-6-12)15(17)18/h3-6,10,13-14,16H,7-9H2,1-2H3. The first-order valence-corrected chi connectivity index (χ1v) is 6.26. The number of nitro benzene ring substituents is 1. The van der Waals surface area contributed by atoms with Crippen molar-refractivity contribution in [2.45, 2.75) is 20.0 Å². The molecule has 1 rings (SSSR count). The second-order valence-corrected chi connectivity index (χ2v) is 4.61. The minimum absolute atomic E-state index is 0.0468. The van der Waals surface area contributed by atoms with E-state index in [1.807, 2.05) is 13.8 Å². The molecule has 0 saturated heterocycles. The number of nitrogens with one attached hydrogen (secondary N) is 1. The Morgan fingerprint density at radius 2 is 2.00 bits per heavy atom. The van der Waals surface area contributed by atoms with Crippen LogP contribution in [0.4, 0.5) is 5.69 Å². The van der Waals surface area contributed by atoms with Crippen LogP contribution in [-0.4, -0.2) is 35.8 Å². The number of rotatable bonds is 8. The van der Waals surface area contributed by atoms with E-state index >= 15 is 0 Å². The van der Waals surface area contributed by atoms with Gasteiger partial charge in [-0.25, -0.2) is 0 Å². The molecule has 6 heteroatoms. The van der Waals surface area contributed by atoms with Gasteiger partial charge < -0.3 is 15.2 Å². The van der Waals surface area contributed by atoms with Gasteiger partial charge in [0.15, 0.2) is 0 Å². The number of ether oxygens (including phenoxy) is 1. The third-order valence-electron chi connectivity index (χ3n) is 2.72. The Bertz CT molecular complexity index is 392. The van der Waals surface area contributed by atoms with Crippen molar-refractivity contribution in [2.75, 3.05) is 19.7 Å². The molecule has 0 fully saturated rings. The predicted molar refractivity (Wildman–Crippen MR) is 72.3 cm³/mol. The Balaban J connectivity index is 2.21. The van der Waals surface area contributed by atoms with E-state index in [1.165, 1.54) is 12.1 Å². The van der Waals surface area contributed by atoms with Crippen molar-refractivity contribution in [3.05, 3.63) is 34.4 Å². The molecule has 2 N–H and O–H groups in total. The van der Waals surface area contributed by atoms with E-state index in [4.69, 9.17) is 4.74 Å². The molecule has 0 saturated carbocycles. The van der Waals surface area contributed by atoms with Gasteiger partial charge in [0, 0.05) is 25.2 Å². The lowest BCUT2D eigenvalue weighted by Gasteiger charge is -2.15. The molecular formula is C13H20N2O4. The summed E-state index contributed by atoms with van der Waals surface area (Å²) >= 11 is 0. The molecule has 0 heterocycles. The van der Waals surface area contributed by atoms with Gasteiger partial charge >= 0.3 is 0 Å². The highest BCUT2D eigenvalue weighted by Gasteiger charge is 2.07. The van der Waals surface area contributed by atoms with Crippen molar-refractivity contribution in [3.8, 4) is 5.75 Å². The van der Waals surface area contributed by atoms with Gasteiger partial charge in [0.1, 0.15) is 12.4 Å². The molecule has 0 aromatic heterocycles. The highest BCUT2D eigenvalue weighted by Crippen LogP contribution is 2.16. The van der Waals surface area contributed by atoms with E-state index in [2.05, 4.69) is 5.32 Å². The van der Waals surface area contributed by atoms with E-state index in [0.29, 0.717) is 25.4 Å². The number of aliphatic hydroxyl groups is 1. The molecule has 0 aliphatic rings. The van der Waals surface area contributed by atoms with Crippen LogP contribution in [0, 0.1) is 16.0 Å². The van der Waals surface area contributed by atoms with Crippen LogP contribution >= 0.6 is 0 Å². The lowest BCUT2D eigenvalue weighted by molar-refractivity contribution is -0.384. The average molecular weight is 268 g/mol. The lowest BCUT2D eigenvalue weighted by atomic mass is 10.1. The fourth-order valence-corrected chi connectivity index (χ4v) is 1.39. The maximum atomic E-state index is 10.5. The zero-order valence-electron chi connectivity index (χ0n) is 11.2. The molecule has 0 spiro atoms. The first-order chi connectivity index (χ1) is 9.00. The summed E-state index contributed by atoms with van der Waals surface area (Å²) in [5.74, 6) is 0.819. The zero-order valence-corrected chi connectivity index (χ0v) is 11.2. The normalized spacial score (nSPS) is 12.4. The van der Waals surface area contributed by atoms with Gasteiger partial charge in [0.05, 0.1) is 11.0 Å². The second-order valence-electron chi connectivity index (χ2n) is 4.61. The summed E-state index contributed by atoms with van der Waals surface area (Å²) in [6.07, 6.45) is -0.362. The minimum Gasteiger partial charge on any atom is -0.492 e. The molecule has 1 atom stereocenters. The summed E-state index contributed by atoms with van der Waals surface area (Å²) < 4.78 is 5.42. The third kappa shape index (κ3) is 5.67. The Hall–Kier alpha value is -1.66. The fraction of sp³-hybridized carbons (Fsp3) is 0.538. The van der Waals surface area contributed by atoms with Crippen LogP contribution in [0.15, 0.2) is 24.3 Å². The van der Waals surface area contributed by atoms with Crippen molar-refractivity contribution >= 4 is 5.69 Å². The van der Waals surface area contributed by atoms with Crippen LogP contribution < -0.4 is 10.1 Å². The summed E-state index contributed by atoms with van der Waals surface area (Å²) in [5, 5.41) is 23.1. The summed E-state index contributed by atoms with van der Waals surface area (Å²) in [4.78, 5) is 10.0. The van der Waals surface area contributed by atoms with Crippen molar-refractivity contribution in [2.24, 2.45) is 5.92 Å². The number of hydrogen-bond acceptors (Lipinski definition) is 5. The molecule has 1 unspecified atom stereocenters.